The molecule has 400 valence electrons. The number of amides is 4. The number of nitrogens with one attached hydrogen (secondary N) is 3. The number of likely N-dealkylation sites (N-methyl/N-ethyl adjacent to an activating group) is 2. The lowest BCUT2D eigenvalue weighted by molar-refractivity contribution is -0.120. The van der Waals surface area contributed by atoms with Gasteiger partial charge < -0.3 is 54.3 Å². The molecule has 0 bridgehead atoms. The molecule has 1 aromatic heterocycles. The van der Waals surface area contributed by atoms with Gasteiger partial charge in [0.25, 0.3) is 5.91 Å². The predicted octanol–water partition coefficient (Wildman–Crippen LogP) is 7.79. The van der Waals surface area contributed by atoms with Crippen molar-refractivity contribution in [2.45, 2.75) is 51.2 Å². The van der Waals surface area contributed by atoms with Gasteiger partial charge in [-0.25, -0.2) is 14.2 Å². The Labute approximate surface area is 445 Å². The van der Waals surface area contributed by atoms with Crippen LogP contribution in [0.5, 0.6) is 11.5 Å². The van der Waals surface area contributed by atoms with Crippen LogP contribution in [-0.4, -0.2) is 142 Å². The molecule has 18 nitrogen and oxygen atoms in total. The van der Waals surface area contributed by atoms with E-state index < -0.39 is 20.0 Å². The largest absolute Gasteiger partial charge is 0.524 e. The maximum absolute atomic E-state index is 14.3. The Morgan fingerprint density at radius 2 is 1.65 bits per heavy atom. The highest BCUT2D eigenvalue weighted by molar-refractivity contribution is 7.46. The molecule has 0 fully saturated rings. The van der Waals surface area contributed by atoms with E-state index in [1.807, 2.05) is 73.8 Å². The summed E-state index contributed by atoms with van der Waals surface area (Å²) in [5.41, 5.74) is 4.14. The second-order valence-corrected chi connectivity index (χ2v) is 21.8. The molecule has 4 amide bonds. The van der Waals surface area contributed by atoms with E-state index >= 15 is 0 Å². The first kappa shape index (κ1) is 55.2. The van der Waals surface area contributed by atoms with Gasteiger partial charge >= 0.3 is 20.0 Å². The van der Waals surface area contributed by atoms with Crippen LogP contribution < -0.4 is 35.0 Å². The van der Waals surface area contributed by atoms with Crippen LogP contribution in [0.4, 0.5) is 21.0 Å². The molecule has 3 heterocycles. The van der Waals surface area contributed by atoms with E-state index in [0.717, 1.165) is 44.5 Å². The summed E-state index contributed by atoms with van der Waals surface area (Å²) in [6.45, 7) is 7.41. The molecule has 8 rings (SSSR count). The Kier molecular flexibility index (Phi) is 18.2. The molecule has 5 N–H and O–H groups in total. The first-order valence-electron chi connectivity index (χ1n) is 25.0. The molecular formula is C54H65ClN7O11PS. The Balaban J connectivity index is 0.887. The highest BCUT2D eigenvalue weighted by atomic mass is 35.5. The summed E-state index contributed by atoms with van der Waals surface area (Å²) < 4.78 is 34.3. The topological polar surface area (TPSA) is 212 Å². The van der Waals surface area contributed by atoms with Crippen molar-refractivity contribution in [3.8, 4) is 11.5 Å². The van der Waals surface area contributed by atoms with Crippen molar-refractivity contribution in [2.75, 3.05) is 95.9 Å². The summed E-state index contributed by atoms with van der Waals surface area (Å²) >= 11 is 7.85. The number of thiophene rings is 1. The zero-order chi connectivity index (χ0) is 53.4. The normalized spacial score (nSPS) is 16.5. The van der Waals surface area contributed by atoms with Gasteiger partial charge in [0, 0.05) is 105 Å². The van der Waals surface area contributed by atoms with Crippen molar-refractivity contribution in [1.29, 1.82) is 0 Å². The number of nitrogens with zero attached hydrogens (tertiary/aromatic N) is 4. The molecule has 3 unspecified atom stereocenters. The summed E-state index contributed by atoms with van der Waals surface area (Å²) in [4.78, 5) is 81.7. The number of fused-ring (bicyclic) bond motifs is 6. The minimum absolute atomic E-state index is 0.0259. The molecule has 3 atom stereocenters. The smallest absolute Gasteiger partial charge is 0.445 e. The number of hydrogen-bond donors (Lipinski definition) is 5. The minimum atomic E-state index is -4.92. The number of rotatable bonds is 22. The van der Waals surface area contributed by atoms with Gasteiger partial charge in [-0.15, -0.1) is 22.9 Å². The SMILES string of the molecule is CNC(CNCC(=O)NC1C=CC(COC(=O)N(C)CCN(CCOC)C(=O)Oc2cc3c(c4ccccc24)CCN3Cc2ccc(C(=O)N3CC(CCl)c4c3cc(OP(=O)(O)O)c3ccccc43)s2)=CC1)C(C)C. The quantitative estimate of drug-likeness (QED) is 0.0331. The van der Waals surface area contributed by atoms with Crippen LogP contribution in [0.2, 0.25) is 0 Å². The fourth-order valence-electron chi connectivity index (χ4n) is 9.80. The first-order chi connectivity index (χ1) is 36.0. The molecule has 0 radical (unpaired) electrons. The summed E-state index contributed by atoms with van der Waals surface area (Å²) in [6, 6.07) is 22.2. The lowest BCUT2D eigenvalue weighted by Crippen LogP contribution is -2.45. The second kappa shape index (κ2) is 24.8. The summed E-state index contributed by atoms with van der Waals surface area (Å²) in [7, 11) is 0.141. The van der Waals surface area contributed by atoms with E-state index in [9.17, 15) is 33.5 Å². The average molecular weight is 1090 g/mol. The van der Waals surface area contributed by atoms with Crippen molar-refractivity contribution in [3.63, 3.8) is 0 Å². The third-order valence-corrected chi connectivity index (χ3v) is 15.7. The molecule has 0 saturated heterocycles. The van der Waals surface area contributed by atoms with Crippen LogP contribution in [0.25, 0.3) is 21.5 Å². The lowest BCUT2D eigenvalue weighted by atomic mass is 9.95. The summed E-state index contributed by atoms with van der Waals surface area (Å²) in [5, 5.41) is 12.4. The molecule has 0 spiro atoms. The predicted molar refractivity (Wildman–Crippen MR) is 293 cm³/mol. The molecule has 1 aliphatic carbocycles. The summed E-state index contributed by atoms with van der Waals surface area (Å²) in [6.07, 6.45) is 5.84. The van der Waals surface area contributed by atoms with E-state index in [-0.39, 0.29) is 87.4 Å². The third-order valence-electron chi connectivity index (χ3n) is 13.8. The number of phosphoric ester groups is 1. The van der Waals surface area contributed by atoms with Gasteiger partial charge in [-0.3, -0.25) is 19.4 Å². The Morgan fingerprint density at radius 1 is 0.933 bits per heavy atom. The van der Waals surface area contributed by atoms with Gasteiger partial charge in [-0.05, 0) is 65.4 Å². The fourth-order valence-corrected chi connectivity index (χ4v) is 11.4. The van der Waals surface area contributed by atoms with Gasteiger partial charge in [0.1, 0.15) is 18.1 Å². The van der Waals surface area contributed by atoms with E-state index in [1.165, 1.54) is 27.2 Å². The highest BCUT2D eigenvalue weighted by Crippen LogP contribution is 2.50. The maximum atomic E-state index is 14.3. The molecular weight excluding hydrogens is 1020 g/mol. The zero-order valence-corrected chi connectivity index (χ0v) is 45.2. The Bertz CT molecular complexity index is 3020. The fraction of sp³-hybridized carbons (Fsp3) is 0.407. The van der Waals surface area contributed by atoms with Crippen LogP contribution in [-0.2, 0) is 31.8 Å². The molecule has 2 aliphatic heterocycles. The van der Waals surface area contributed by atoms with Gasteiger partial charge in [0.2, 0.25) is 5.91 Å². The molecule has 5 aromatic rings. The monoisotopic (exact) mass is 1090 g/mol. The van der Waals surface area contributed by atoms with Crippen molar-refractivity contribution in [2.24, 2.45) is 5.92 Å². The number of anilines is 2. The van der Waals surface area contributed by atoms with Crippen LogP contribution >= 0.6 is 30.8 Å². The maximum Gasteiger partial charge on any atom is 0.524 e. The van der Waals surface area contributed by atoms with Crippen molar-refractivity contribution < 1.29 is 52.3 Å². The highest BCUT2D eigenvalue weighted by Gasteiger charge is 2.37. The number of ether oxygens (including phenoxy) is 3. The average Bonchev–Trinajstić information content (AvgIpc) is 4.14. The lowest BCUT2D eigenvalue weighted by Gasteiger charge is -2.26. The van der Waals surface area contributed by atoms with Crippen molar-refractivity contribution in [3.05, 3.63) is 117 Å². The standard InChI is InChI=1S/C54H65ClN7O11PS/c1-34(2)44(56-3)29-57-30-50(63)58-37-16-14-35(15-17-37)33-71-53(65)59(4)22-23-60(24-25-70-5)54(66)72-47-26-45-40(39-10-6-7-11-41(39)47)20-21-61(45)32-38-18-19-49(75-38)52(64)62-31-36(28-55)51-43-13-9-8-12-42(43)48(27-46(51)62)73-74(67,68)69/h6-16,18-19,26-27,34,36-37,44,56-57H,17,20-25,28-33H2,1-5H3,(H,58,63)(H2,67,68,69). The number of halogens is 1. The van der Waals surface area contributed by atoms with E-state index in [1.54, 1.807) is 37.3 Å². The number of phosphoric acid groups is 1. The van der Waals surface area contributed by atoms with Crippen LogP contribution in [0, 0.1) is 5.92 Å². The van der Waals surface area contributed by atoms with Crippen LogP contribution in [0.3, 0.4) is 0 Å². The molecule has 75 heavy (non-hydrogen) atoms. The molecule has 3 aliphatic rings. The van der Waals surface area contributed by atoms with Gasteiger partial charge in [-0.1, -0.05) is 80.6 Å². The zero-order valence-electron chi connectivity index (χ0n) is 42.8. The minimum Gasteiger partial charge on any atom is -0.445 e. The summed E-state index contributed by atoms with van der Waals surface area (Å²) in [5.74, 6) is 0.441. The first-order valence-corrected chi connectivity index (χ1v) is 27.9. The molecule has 0 saturated carbocycles. The number of carbonyl (C=O) groups is 4. The van der Waals surface area contributed by atoms with Crippen molar-refractivity contribution >= 4 is 87.7 Å². The number of alkyl halides is 1. The van der Waals surface area contributed by atoms with Crippen LogP contribution in [0.1, 0.15) is 51.9 Å². The van der Waals surface area contributed by atoms with E-state index in [0.29, 0.717) is 59.1 Å². The Hall–Kier alpha value is -6.02. The molecule has 4 aromatic carbocycles. The van der Waals surface area contributed by atoms with Gasteiger partial charge in [0.05, 0.1) is 36.3 Å². The molecule has 21 heteroatoms. The van der Waals surface area contributed by atoms with E-state index in [2.05, 4.69) is 34.7 Å². The van der Waals surface area contributed by atoms with Crippen molar-refractivity contribution in [1.82, 2.24) is 25.8 Å². The van der Waals surface area contributed by atoms with Gasteiger partial charge in [0.15, 0.2) is 0 Å². The Morgan fingerprint density at radius 3 is 2.33 bits per heavy atom. The number of benzene rings is 4. The number of carbonyl (C=O) groups excluding carboxylic acids is 4. The van der Waals surface area contributed by atoms with Crippen LogP contribution in [0.15, 0.2) is 96.6 Å². The number of methoxy groups -OCH3 is 1. The second-order valence-electron chi connectivity index (χ2n) is 19.2. The van der Waals surface area contributed by atoms with Gasteiger partial charge in [-0.2, -0.15) is 0 Å². The van der Waals surface area contributed by atoms with E-state index in [4.69, 9.17) is 30.3 Å². The number of hydrogen-bond acceptors (Lipinski definition) is 13. The third kappa shape index (κ3) is 13.3.